The first-order valence-corrected chi connectivity index (χ1v) is 9.21. The van der Waals surface area contributed by atoms with E-state index in [0.717, 1.165) is 37.6 Å². The molecule has 1 amide bonds. The first kappa shape index (κ1) is 15.9. The molecular weight excluding hydrogens is 302 g/mol. The fourth-order valence-corrected chi connectivity index (χ4v) is 5.23. The molecule has 0 N–H and O–H groups in total. The lowest BCUT2D eigenvalue weighted by atomic mass is 9.68. The molecule has 3 aliphatic rings. The predicted molar refractivity (Wildman–Crippen MR) is 92.0 cm³/mol. The van der Waals surface area contributed by atoms with E-state index in [9.17, 15) is 4.79 Å². The van der Waals surface area contributed by atoms with Crippen LogP contribution in [0, 0.1) is 17.3 Å². The molecule has 1 aromatic carbocycles. The average molecular weight is 329 g/mol. The molecule has 3 atom stereocenters. The molecule has 24 heavy (non-hydrogen) atoms. The fourth-order valence-electron chi connectivity index (χ4n) is 5.23. The molecule has 4 nitrogen and oxygen atoms in total. The molecule has 0 aromatic heterocycles. The number of rotatable bonds is 4. The molecular formula is C20H27NO3. The highest BCUT2D eigenvalue weighted by Gasteiger charge is 2.56. The minimum atomic E-state index is -0.202. The van der Waals surface area contributed by atoms with Crippen molar-refractivity contribution in [3.63, 3.8) is 0 Å². The first-order valence-electron chi connectivity index (χ1n) is 9.21. The number of carbonyl (C=O) groups excluding carboxylic acids is 1. The van der Waals surface area contributed by atoms with E-state index in [1.807, 2.05) is 12.1 Å². The van der Waals surface area contributed by atoms with E-state index in [2.05, 4.69) is 17.0 Å². The Kier molecular flexibility index (Phi) is 4.25. The summed E-state index contributed by atoms with van der Waals surface area (Å²) in [4.78, 5) is 15.6. The Labute approximate surface area is 144 Å². The van der Waals surface area contributed by atoms with Gasteiger partial charge in [0.25, 0.3) is 0 Å². The van der Waals surface area contributed by atoms with Crippen molar-refractivity contribution in [1.29, 1.82) is 0 Å². The summed E-state index contributed by atoms with van der Waals surface area (Å²) in [5.41, 5.74) is 1.02. The van der Waals surface area contributed by atoms with E-state index in [-0.39, 0.29) is 5.41 Å². The van der Waals surface area contributed by atoms with Crippen molar-refractivity contribution in [3.8, 4) is 5.75 Å². The maximum absolute atomic E-state index is 13.5. The van der Waals surface area contributed by atoms with Gasteiger partial charge in [-0.3, -0.25) is 4.79 Å². The quantitative estimate of drug-likeness (QED) is 0.852. The zero-order valence-electron chi connectivity index (χ0n) is 14.5. The van der Waals surface area contributed by atoms with Gasteiger partial charge in [0.2, 0.25) is 5.91 Å². The van der Waals surface area contributed by atoms with Gasteiger partial charge in [-0.25, -0.2) is 0 Å². The number of nitrogens with zero attached hydrogens (tertiary/aromatic N) is 1. The van der Waals surface area contributed by atoms with Gasteiger partial charge in [-0.15, -0.1) is 0 Å². The lowest BCUT2D eigenvalue weighted by Gasteiger charge is -2.41. The molecule has 0 radical (unpaired) electrons. The molecule has 4 rings (SSSR count). The Morgan fingerprint density at radius 1 is 1.33 bits per heavy atom. The van der Waals surface area contributed by atoms with Gasteiger partial charge >= 0.3 is 0 Å². The zero-order chi connectivity index (χ0) is 16.6. The summed E-state index contributed by atoms with van der Waals surface area (Å²) in [6, 6.07) is 8.25. The number of morpholine rings is 1. The highest BCUT2D eigenvalue weighted by molar-refractivity contribution is 5.84. The maximum atomic E-state index is 13.5. The third kappa shape index (κ3) is 2.71. The van der Waals surface area contributed by atoms with Crippen molar-refractivity contribution in [2.45, 2.75) is 32.1 Å². The van der Waals surface area contributed by atoms with Crippen LogP contribution in [-0.4, -0.2) is 44.2 Å². The Bertz CT molecular complexity index is 611. The van der Waals surface area contributed by atoms with Crippen molar-refractivity contribution in [2.24, 2.45) is 17.3 Å². The van der Waals surface area contributed by atoms with Crippen LogP contribution >= 0.6 is 0 Å². The lowest BCUT2D eigenvalue weighted by Crippen LogP contribution is -2.51. The molecule has 0 spiro atoms. The number of ether oxygens (including phenoxy) is 2. The van der Waals surface area contributed by atoms with Crippen LogP contribution in [0.5, 0.6) is 5.75 Å². The van der Waals surface area contributed by atoms with Gasteiger partial charge in [0, 0.05) is 13.1 Å². The number of benzene rings is 1. The number of hydrogen-bond donors (Lipinski definition) is 0. The van der Waals surface area contributed by atoms with Gasteiger partial charge in [-0.2, -0.15) is 0 Å². The minimum absolute atomic E-state index is 0.202. The molecule has 1 heterocycles. The molecule has 2 aliphatic carbocycles. The summed E-state index contributed by atoms with van der Waals surface area (Å²) in [5.74, 6) is 2.54. The summed E-state index contributed by atoms with van der Waals surface area (Å²) in [6.07, 6.45) is 5.66. The Balaban J connectivity index is 1.62. The number of carbonyl (C=O) groups is 1. The standard InChI is InChI=1S/C20H27NO3/c1-23-18-4-2-3-15(12-18)13-20(14-16-5-6-17(20)11-16)19(22)21-7-9-24-10-8-21/h2-4,12,16-17H,5-11,13-14H2,1H3/t16-,17-,20+/m0/s1. The van der Waals surface area contributed by atoms with Crippen LogP contribution in [0.15, 0.2) is 24.3 Å². The topological polar surface area (TPSA) is 38.8 Å². The van der Waals surface area contributed by atoms with Crippen LogP contribution in [0.25, 0.3) is 0 Å². The number of fused-ring (bicyclic) bond motifs is 2. The Morgan fingerprint density at radius 2 is 2.17 bits per heavy atom. The van der Waals surface area contributed by atoms with Gasteiger partial charge in [0.05, 0.1) is 25.7 Å². The van der Waals surface area contributed by atoms with Crippen molar-refractivity contribution in [1.82, 2.24) is 4.90 Å². The SMILES string of the molecule is COc1cccc(C[C@@]2(C(=O)N3CCOCC3)C[C@H]3CC[C@H]2C3)c1. The normalized spacial score (nSPS) is 32.1. The smallest absolute Gasteiger partial charge is 0.229 e. The molecule has 130 valence electrons. The Morgan fingerprint density at radius 3 is 2.83 bits per heavy atom. The van der Waals surface area contributed by atoms with Crippen LogP contribution in [0.2, 0.25) is 0 Å². The van der Waals surface area contributed by atoms with E-state index < -0.39 is 0 Å². The molecule has 1 aromatic rings. The molecule has 1 aliphatic heterocycles. The highest BCUT2D eigenvalue weighted by Crippen LogP contribution is 2.58. The largest absolute Gasteiger partial charge is 0.497 e. The van der Waals surface area contributed by atoms with Crippen molar-refractivity contribution >= 4 is 5.91 Å². The van der Waals surface area contributed by atoms with E-state index in [0.29, 0.717) is 25.0 Å². The van der Waals surface area contributed by atoms with Gasteiger partial charge in [0.1, 0.15) is 5.75 Å². The molecule has 3 fully saturated rings. The average Bonchev–Trinajstić information content (AvgIpc) is 3.23. The number of methoxy groups -OCH3 is 1. The lowest BCUT2D eigenvalue weighted by molar-refractivity contribution is -0.149. The summed E-state index contributed by atoms with van der Waals surface area (Å²) < 4.78 is 10.8. The van der Waals surface area contributed by atoms with Gasteiger partial charge in [-0.05, 0) is 55.2 Å². The first-order chi connectivity index (χ1) is 11.7. The summed E-state index contributed by atoms with van der Waals surface area (Å²) >= 11 is 0. The zero-order valence-corrected chi connectivity index (χ0v) is 14.5. The summed E-state index contributed by atoms with van der Waals surface area (Å²) in [6.45, 7) is 2.84. The van der Waals surface area contributed by atoms with Crippen LogP contribution in [-0.2, 0) is 16.0 Å². The van der Waals surface area contributed by atoms with Crippen LogP contribution in [0.3, 0.4) is 0 Å². The highest BCUT2D eigenvalue weighted by atomic mass is 16.5. The second-order valence-corrected chi connectivity index (χ2v) is 7.67. The van der Waals surface area contributed by atoms with Crippen molar-refractivity contribution < 1.29 is 14.3 Å². The van der Waals surface area contributed by atoms with Crippen LogP contribution in [0.4, 0.5) is 0 Å². The van der Waals surface area contributed by atoms with Crippen molar-refractivity contribution in [3.05, 3.63) is 29.8 Å². The number of hydrogen-bond acceptors (Lipinski definition) is 3. The Hall–Kier alpha value is -1.55. The summed E-state index contributed by atoms with van der Waals surface area (Å²) in [7, 11) is 1.70. The third-order valence-electron chi connectivity index (χ3n) is 6.35. The third-order valence-corrected chi connectivity index (χ3v) is 6.35. The maximum Gasteiger partial charge on any atom is 0.229 e. The van der Waals surface area contributed by atoms with Crippen LogP contribution < -0.4 is 4.74 Å². The molecule has 2 bridgehead atoms. The molecule has 1 saturated heterocycles. The fraction of sp³-hybridized carbons (Fsp3) is 0.650. The number of amides is 1. The minimum Gasteiger partial charge on any atom is -0.497 e. The molecule has 0 unspecified atom stereocenters. The van der Waals surface area contributed by atoms with Crippen LogP contribution in [0.1, 0.15) is 31.2 Å². The monoisotopic (exact) mass is 329 g/mol. The van der Waals surface area contributed by atoms with Gasteiger partial charge in [-0.1, -0.05) is 18.6 Å². The molecule has 4 heteroatoms. The summed E-state index contributed by atoms with van der Waals surface area (Å²) in [5, 5.41) is 0. The second-order valence-electron chi connectivity index (χ2n) is 7.67. The second kappa shape index (κ2) is 6.40. The van der Waals surface area contributed by atoms with E-state index in [1.54, 1.807) is 7.11 Å². The van der Waals surface area contributed by atoms with Crippen molar-refractivity contribution in [2.75, 3.05) is 33.4 Å². The van der Waals surface area contributed by atoms with E-state index in [4.69, 9.17) is 9.47 Å². The van der Waals surface area contributed by atoms with Gasteiger partial charge < -0.3 is 14.4 Å². The van der Waals surface area contributed by atoms with Gasteiger partial charge in [0.15, 0.2) is 0 Å². The predicted octanol–water partition coefficient (Wildman–Crippen LogP) is 2.90. The van der Waals surface area contributed by atoms with E-state index in [1.165, 1.54) is 24.8 Å². The molecule has 2 saturated carbocycles. The van der Waals surface area contributed by atoms with E-state index >= 15 is 0 Å².